The van der Waals surface area contributed by atoms with Crippen LogP contribution in [0.1, 0.15) is 25.2 Å². The van der Waals surface area contributed by atoms with Gasteiger partial charge in [-0.2, -0.15) is 0 Å². The van der Waals surface area contributed by atoms with Crippen molar-refractivity contribution in [1.29, 1.82) is 0 Å². The number of fused-ring (bicyclic) bond motifs is 1. The molecule has 5 rings (SSSR count). The molecule has 4 heterocycles. The summed E-state index contributed by atoms with van der Waals surface area (Å²) in [5.41, 5.74) is 3.45. The Kier molecular flexibility index (Phi) is 6.17. The number of imidazole rings is 1. The van der Waals surface area contributed by atoms with E-state index in [1.165, 1.54) is 0 Å². The van der Waals surface area contributed by atoms with Crippen LogP contribution in [0.3, 0.4) is 0 Å². The molecule has 8 heteroatoms. The molecule has 0 amide bonds. The van der Waals surface area contributed by atoms with Crippen molar-refractivity contribution in [2.45, 2.75) is 19.3 Å². The van der Waals surface area contributed by atoms with E-state index >= 15 is 0 Å². The first-order valence-electron chi connectivity index (χ1n) is 10.0. The van der Waals surface area contributed by atoms with Gasteiger partial charge in [0.25, 0.3) is 0 Å². The zero-order chi connectivity index (χ0) is 22.3. The fourth-order valence-electron chi connectivity index (χ4n) is 3.53. The van der Waals surface area contributed by atoms with Crippen molar-refractivity contribution in [1.82, 2.24) is 24.9 Å². The fraction of sp³-hybridized carbons (Fsp3) is 0.120. The van der Waals surface area contributed by atoms with Crippen LogP contribution in [0.4, 0.5) is 8.78 Å². The summed E-state index contributed by atoms with van der Waals surface area (Å²) >= 11 is 0. The summed E-state index contributed by atoms with van der Waals surface area (Å²) in [6.07, 6.45) is 0. The Bertz CT molecular complexity index is 1410. The molecule has 0 N–H and O–H groups in total. The molecule has 1 aromatic carbocycles. The molecule has 33 heavy (non-hydrogen) atoms. The van der Waals surface area contributed by atoms with Gasteiger partial charge in [0.2, 0.25) is 0 Å². The number of rotatable bonds is 4. The normalized spacial score (nSPS) is 11.4. The summed E-state index contributed by atoms with van der Waals surface area (Å²) in [5, 5.41) is 0. The van der Waals surface area contributed by atoms with Gasteiger partial charge >= 0.3 is 21.1 Å². The van der Waals surface area contributed by atoms with E-state index < -0.39 is 17.3 Å². The molecule has 4 aromatic heterocycles. The van der Waals surface area contributed by atoms with E-state index in [9.17, 15) is 8.78 Å². The molecule has 0 aliphatic carbocycles. The van der Waals surface area contributed by atoms with E-state index in [1.807, 2.05) is 62.4 Å². The van der Waals surface area contributed by atoms with Gasteiger partial charge in [-0.3, -0.25) is 9.97 Å². The van der Waals surface area contributed by atoms with Crippen molar-refractivity contribution in [3.8, 4) is 22.8 Å². The zero-order valence-electron chi connectivity index (χ0n) is 17.7. The van der Waals surface area contributed by atoms with E-state index in [0.29, 0.717) is 22.9 Å². The Labute approximate surface area is 203 Å². The van der Waals surface area contributed by atoms with Crippen LogP contribution in [-0.2, 0) is 26.5 Å². The van der Waals surface area contributed by atoms with Crippen LogP contribution in [0.15, 0.2) is 66.7 Å². The molecule has 0 saturated carbocycles. The minimum Gasteiger partial charge on any atom is -0.434 e. The van der Waals surface area contributed by atoms with Crippen LogP contribution in [0.25, 0.3) is 33.8 Å². The van der Waals surface area contributed by atoms with E-state index in [1.54, 1.807) is 12.1 Å². The van der Waals surface area contributed by atoms with Gasteiger partial charge in [-0.25, -0.2) is 8.78 Å². The first-order chi connectivity index (χ1) is 15.4. The summed E-state index contributed by atoms with van der Waals surface area (Å²) in [5.74, 6) is -1.32. The van der Waals surface area contributed by atoms with Crippen molar-refractivity contribution in [2.75, 3.05) is 0 Å². The van der Waals surface area contributed by atoms with Crippen LogP contribution in [-0.4, -0.2) is 19.9 Å². The fourth-order valence-corrected chi connectivity index (χ4v) is 3.53. The Morgan fingerprint density at radius 1 is 0.788 bits per heavy atom. The Morgan fingerprint density at radius 3 is 2.15 bits per heavy atom. The van der Waals surface area contributed by atoms with E-state index in [2.05, 4.69) is 26.0 Å². The summed E-state index contributed by atoms with van der Waals surface area (Å²) in [4.78, 5) is 21.8. The second-order valence-corrected chi connectivity index (χ2v) is 7.87. The maximum Gasteiger partial charge on any atom is 2.00 e. The maximum absolute atomic E-state index is 14.2. The molecule has 0 saturated heterocycles. The van der Waals surface area contributed by atoms with Crippen molar-refractivity contribution in [3.05, 3.63) is 96.1 Å². The average Bonchev–Trinajstić information content (AvgIpc) is 3.24. The van der Waals surface area contributed by atoms with E-state index in [-0.39, 0.29) is 26.6 Å². The van der Waals surface area contributed by atoms with Gasteiger partial charge in [0.05, 0.1) is 11.4 Å². The Hall–Kier alpha value is -3.31. The third kappa shape index (κ3) is 4.33. The van der Waals surface area contributed by atoms with Gasteiger partial charge in [0.15, 0.2) is 0 Å². The standard InChI is InChI=1S/C25H17F2N5.Pt/c1-25(2,20-11-5-9-16(28-20)15-13-14-22(26)32-23(15)27)21-12-6-10-19(29-21)24-30-17-7-3-4-8-18(17)31-24;/h3-12,14H,1-2H3;/q-2;+2. The SMILES string of the molecule is CC(C)(c1cccc(-c2nc3ccccc3[n-]2)n1)c1cccc(-c2[c-]cc(F)nc2F)n1.[Pt+2]. The van der Waals surface area contributed by atoms with Crippen molar-refractivity contribution < 1.29 is 29.8 Å². The third-order valence-corrected chi connectivity index (χ3v) is 5.35. The molecule has 5 aromatic rings. The summed E-state index contributed by atoms with van der Waals surface area (Å²) < 4.78 is 27.3. The molecular formula is C25H17F2N5Pt. The topological polar surface area (TPSA) is 65.7 Å². The van der Waals surface area contributed by atoms with Crippen LogP contribution in [0, 0.1) is 18.0 Å². The Morgan fingerprint density at radius 2 is 1.45 bits per heavy atom. The maximum atomic E-state index is 14.2. The van der Waals surface area contributed by atoms with Crippen LogP contribution < -0.4 is 4.98 Å². The summed E-state index contributed by atoms with van der Waals surface area (Å²) in [6.45, 7) is 3.97. The number of hydrogen-bond donors (Lipinski definition) is 0. The smallest absolute Gasteiger partial charge is 0.434 e. The molecule has 0 bridgehead atoms. The number of pyridine rings is 3. The minimum absolute atomic E-state index is 0. The molecule has 0 spiro atoms. The molecule has 5 nitrogen and oxygen atoms in total. The number of hydrogen-bond acceptors (Lipinski definition) is 4. The monoisotopic (exact) mass is 620 g/mol. The predicted molar refractivity (Wildman–Crippen MR) is 117 cm³/mol. The molecule has 0 unspecified atom stereocenters. The number of nitrogens with zero attached hydrogens (tertiary/aromatic N) is 5. The number of para-hydroxylation sites is 2. The van der Waals surface area contributed by atoms with Crippen molar-refractivity contribution >= 4 is 11.0 Å². The van der Waals surface area contributed by atoms with Crippen LogP contribution in [0.5, 0.6) is 0 Å². The Balaban J connectivity index is 0.00000259. The summed E-state index contributed by atoms with van der Waals surface area (Å²) in [7, 11) is 0. The van der Waals surface area contributed by atoms with Gasteiger partial charge in [-0.1, -0.05) is 54.1 Å². The third-order valence-electron chi connectivity index (χ3n) is 5.35. The second-order valence-electron chi connectivity index (χ2n) is 7.87. The molecule has 0 fully saturated rings. The van der Waals surface area contributed by atoms with Crippen LogP contribution in [0.2, 0.25) is 0 Å². The van der Waals surface area contributed by atoms with Gasteiger partial charge in [-0.15, -0.1) is 6.07 Å². The summed E-state index contributed by atoms with van der Waals surface area (Å²) in [6, 6.07) is 22.2. The molecule has 0 aliphatic rings. The number of aromatic nitrogens is 5. The molecule has 0 aliphatic heterocycles. The quantitative estimate of drug-likeness (QED) is 0.207. The average molecular weight is 621 g/mol. The van der Waals surface area contributed by atoms with Crippen molar-refractivity contribution in [3.63, 3.8) is 0 Å². The molecule has 166 valence electrons. The molecule has 0 atom stereocenters. The van der Waals surface area contributed by atoms with E-state index in [4.69, 9.17) is 4.98 Å². The predicted octanol–water partition coefficient (Wildman–Crippen LogP) is 5.11. The minimum atomic E-state index is -0.951. The zero-order valence-corrected chi connectivity index (χ0v) is 19.9. The first-order valence-corrected chi connectivity index (χ1v) is 10.0. The number of benzene rings is 1. The van der Waals surface area contributed by atoms with Crippen molar-refractivity contribution in [2.24, 2.45) is 0 Å². The number of halogens is 2. The van der Waals surface area contributed by atoms with Gasteiger partial charge in [0, 0.05) is 11.1 Å². The van der Waals surface area contributed by atoms with Gasteiger partial charge in [-0.05, 0) is 54.6 Å². The van der Waals surface area contributed by atoms with E-state index in [0.717, 1.165) is 22.8 Å². The van der Waals surface area contributed by atoms with Crippen LogP contribution >= 0.6 is 0 Å². The largest absolute Gasteiger partial charge is 2.00 e. The second kappa shape index (κ2) is 8.91. The van der Waals surface area contributed by atoms with Gasteiger partial charge in [0.1, 0.15) is 11.9 Å². The first kappa shape index (κ1) is 22.9. The van der Waals surface area contributed by atoms with Gasteiger partial charge < -0.3 is 15.0 Å². The molecule has 0 radical (unpaired) electrons. The molecular weight excluding hydrogens is 603 g/mol.